The predicted molar refractivity (Wildman–Crippen MR) is 89.6 cm³/mol. The van der Waals surface area contributed by atoms with Gasteiger partial charge in [0.15, 0.2) is 17.4 Å². The van der Waals surface area contributed by atoms with E-state index < -0.39 is 0 Å². The van der Waals surface area contributed by atoms with Gasteiger partial charge in [-0.15, -0.1) is 10.2 Å². The van der Waals surface area contributed by atoms with Gasteiger partial charge in [-0.25, -0.2) is 0 Å². The predicted octanol–water partition coefficient (Wildman–Crippen LogP) is 3.46. The third-order valence-electron chi connectivity index (χ3n) is 3.10. The zero-order valence-corrected chi connectivity index (χ0v) is 13.0. The number of nitrogens with one attached hydrogen (secondary N) is 2. The number of hydrogen-bond acceptors (Lipinski definition) is 6. The van der Waals surface area contributed by atoms with Crippen LogP contribution in [0.2, 0.25) is 0 Å². The van der Waals surface area contributed by atoms with E-state index in [1.807, 2.05) is 31.2 Å². The summed E-state index contributed by atoms with van der Waals surface area (Å²) in [7, 11) is 0. The van der Waals surface area contributed by atoms with Crippen molar-refractivity contribution in [2.75, 3.05) is 17.2 Å². The molecule has 1 aromatic carbocycles. The third-order valence-corrected chi connectivity index (χ3v) is 3.10. The van der Waals surface area contributed by atoms with Gasteiger partial charge >= 0.3 is 0 Å². The Hall–Kier alpha value is -3.35. The molecule has 2 heterocycles. The summed E-state index contributed by atoms with van der Waals surface area (Å²) in [6.07, 6.45) is 1.43. The maximum Gasteiger partial charge on any atom is 0.292 e. The molecule has 0 fully saturated rings. The number of anilines is 3. The number of nitrogens with zero attached hydrogens (tertiary/aromatic N) is 2. The molecule has 7 nitrogen and oxygen atoms in total. The standard InChI is InChI=1S/C17H16N4O3/c1-2-23-13-7-4-3-6-12(13)18-15-9-10-16(21-20-15)19-17(22)14-8-5-11-24-14/h3-11H,2H2,1H3,(H,18,20)(H,19,21,22). The highest BCUT2D eigenvalue weighted by molar-refractivity contribution is 6.01. The lowest BCUT2D eigenvalue weighted by Crippen LogP contribution is -2.12. The molecule has 122 valence electrons. The second kappa shape index (κ2) is 7.28. The lowest BCUT2D eigenvalue weighted by atomic mass is 10.3. The van der Waals surface area contributed by atoms with E-state index in [4.69, 9.17) is 9.15 Å². The van der Waals surface area contributed by atoms with E-state index >= 15 is 0 Å². The Labute approximate surface area is 138 Å². The molecule has 3 aromatic rings. The summed E-state index contributed by atoms with van der Waals surface area (Å²) in [4.78, 5) is 11.9. The fourth-order valence-electron chi connectivity index (χ4n) is 2.04. The van der Waals surface area contributed by atoms with Crippen molar-refractivity contribution < 1.29 is 13.9 Å². The fraction of sp³-hybridized carbons (Fsp3) is 0.118. The van der Waals surface area contributed by atoms with Crippen molar-refractivity contribution in [3.05, 3.63) is 60.6 Å². The van der Waals surface area contributed by atoms with Crippen LogP contribution in [0.3, 0.4) is 0 Å². The van der Waals surface area contributed by atoms with Crippen molar-refractivity contribution in [3.63, 3.8) is 0 Å². The summed E-state index contributed by atoms with van der Waals surface area (Å²) in [5.74, 6) is 1.44. The second-order valence-corrected chi connectivity index (χ2v) is 4.79. The van der Waals surface area contributed by atoms with Crippen LogP contribution in [-0.2, 0) is 0 Å². The van der Waals surface area contributed by atoms with Gasteiger partial charge < -0.3 is 19.8 Å². The summed E-state index contributed by atoms with van der Waals surface area (Å²) in [5, 5.41) is 13.8. The Kier molecular flexibility index (Phi) is 4.71. The van der Waals surface area contributed by atoms with Gasteiger partial charge in [0.1, 0.15) is 5.75 Å². The first-order chi connectivity index (χ1) is 11.8. The highest BCUT2D eigenvalue weighted by Gasteiger charge is 2.10. The van der Waals surface area contributed by atoms with Crippen molar-refractivity contribution in [2.45, 2.75) is 6.92 Å². The molecule has 24 heavy (non-hydrogen) atoms. The lowest BCUT2D eigenvalue weighted by Gasteiger charge is -2.11. The molecule has 0 saturated carbocycles. The fourth-order valence-corrected chi connectivity index (χ4v) is 2.04. The van der Waals surface area contributed by atoms with Crippen LogP contribution in [0, 0.1) is 0 Å². The van der Waals surface area contributed by atoms with Crippen LogP contribution >= 0.6 is 0 Å². The molecular weight excluding hydrogens is 308 g/mol. The van der Waals surface area contributed by atoms with Crippen molar-refractivity contribution in [2.24, 2.45) is 0 Å². The molecule has 7 heteroatoms. The first kappa shape index (κ1) is 15.5. The van der Waals surface area contributed by atoms with Gasteiger partial charge in [0, 0.05) is 0 Å². The molecule has 2 N–H and O–H groups in total. The highest BCUT2D eigenvalue weighted by Crippen LogP contribution is 2.26. The molecule has 0 aliphatic heterocycles. The van der Waals surface area contributed by atoms with Crippen LogP contribution in [-0.4, -0.2) is 22.7 Å². The normalized spacial score (nSPS) is 10.2. The summed E-state index contributed by atoms with van der Waals surface area (Å²) in [6, 6.07) is 14.1. The van der Waals surface area contributed by atoms with Crippen molar-refractivity contribution in [3.8, 4) is 5.75 Å². The van der Waals surface area contributed by atoms with Crippen LogP contribution in [0.4, 0.5) is 17.3 Å². The number of carbonyl (C=O) groups excluding carboxylic acids is 1. The summed E-state index contributed by atoms with van der Waals surface area (Å²) < 4.78 is 10.6. The Morgan fingerprint density at radius 2 is 1.88 bits per heavy atom. The zero-order chi connectivity index (χ0) is 16.8. The van der Waals surface area contributed by atoms with E-state index in [1.165, 1.54) is 6.26 Å². The van der Waals surface area contributed by atoms with Crippen LogP contribution in [0.5, 0.6) is 5.75 Å². The Bertz CT molecular complexity index is 801. The minimum atomic E-state index is -0.378. The number of hydrogen-bond donors (Lipinski definition) is 2. The maximum absolute atomic E-state index is 11.9. The van der Waals surface area contributed by atoms with E-state index in [9.17, 15) is 4.79 Å². The molecule has 0 bridgehead atoms. The number of benzene rings is 1. The topological polar surface area (TPSA) is 89.3 Å². The largest absolute Gasteiger partial charge is 0.492 e. The van der Waals surface area contributed by atoms with Crippen LogP contribution in [0.25, 0.3) is 0 Å². The number of carbonyl (C=O) groups is 1. The summed E-state index contributed by atoms with van der Waals surface area (Å²) in [6.45, 7) is 2.50. The average Bonchev–Trinajstić information content (AvgIpc) is 3.13. The van der Waals surface area contributed by atoms with Gasteiger partial charge in [-0.3, -0.25) is 4.79 Å². The molecule has 0 aliphatic carbocycles. The molecule has 0 aliphatic rings. The van der Waals surface area contributed by atoms with E-state index in [1.54, 1.807) is 24.3 Å². The molecular formula is C17H16N4O3. The molecule has 0 atom stereocenters. The van der Waals surface area contributed by atoms with Gasteiger partial charge in [-0.1, -0.05) is 12.1 Å². The van der Waals surface area contributed by atoms with E-state index in [0.29, 0.717) is 18.2 Å². The minimum Gasteiger partial charge on any atom is -0.492 e. The average molecular weight is 324 g/mol. The van der Waals surface area contributed by atoms with Gasteiger partial charge in [0.25, 0.3) is 5.91 Å². The number of ether oxygens (including phenoxy) is 1. The molecule has 2 aromatic heterocycles. The first-order valence-corrected chi connectivity index (χ1v) is 7.43. The number of furan rings is 1. The molecule has 0 unspecified atom stereocenters. The molecule has 0 saturated heterocycles. The lowest BCUT2D eigenvalue weighted by molar-refractivity contribution is 0.0996. The number of rotatable bonds is 6. The van der Waals surface area contributed by atoms with E-state index in [-0.39, 0.29) is 11.7 Å². The molecule has 0 radical (unpaired) electrons. The van der Waals surface area contributed by atoms with Crippen LogP contribution in [0.15, 0.2) is 59.2 Å². The van der Waals surface area contributed by atoms with Gasteiger partial charge in [-0.2, -0.15) is 0 Å². The van der Waals surface area contributed by atoms with Crippen molar-refractivity contribution in [1.82, 2.24) is 10.2 Å². The Morgan fingerprint density at radius 1 is 1.08 bits per heavy atom. The second-order valence-electron chi connectivity index (χ2n) is 4.79. The molecule has 1 amide bonds. The van der Waals surface area contributed by atoms with Crippen LogP contribution < -0.4 is 15.4 Å². The minimum absolute atomic E-state index is 0.213. The van der Waals surface area contributed by atoms with Gasteiger partial charge in [0.2, 0.25) is 0 Å². The Morgan fingerprint density at radius 3 is 2.58 bits per heavy atom. The number of aromatic nitrogens is 2. The van der Waals surface area contributed by atoms with Gasteiger partial charge in [0.05, 0.1) is 18.6 Å². The zero-order valence-electron chi connectivity index (χ0n) is 13.0. The SMILES string of the molecule is CCOc1ccccc1Nc1ccc(NC(=O)c2ccco2)nn1. The summed E-state index contributed by atoms with van der Waals surface area (Å²) in [5.41, 5.74) is 0.793. The summed E-state index contributed by atoms with van der Waals surface area (Å²) >= 11 is 0. The number of para-hydroxylation sites is 2. The third kappa shape index (κ3) is 3.70. The highest BCUT2D eigenvalue weighted by atomic mass is 16.5. The van der Waals surface area contributed by atoms with Crippen LogP contribution in [0.1, 0.15) is 17.5 Å². The molecule has 3 rings (SSSR count). The quantitative estimate of drug-likeness (QED) is 0.722. The van der Waals surface area contributed by atoms with Crippen molar-refractivity contribution in [1.29, 1.82) is 0 Å². The van der Waals surface area contributed by atoms with E-state index in [0.717, 1.165) is 11.4 Å². The number of amides is 1. The molecule has 0 spiro atoms. The van der Waals surface area contributed by atoms with E-state index in [2.05, 4.69) is 20.8 Å². The Balaban J connectivity index is 1.68. The van der Waals surface area contributed by atoms with Crippen molar-refractivity contribution >= 4 is 23.2 Å². The smallest absolute Gasteiger partial charge is 0.292 e. The maximum atomic E-state index is 11.9. The first-order valence-electron chi connectivity index (χ1n) is 7.43. The monoisotopic (exact) mass is 324 g/mol. The van der Waals surface area contributed by atoms with Gasteiger partial charge in [-0.05, 0) is 43.3 Å².